The van der Waals surface area contributed by atoms with E-state index in [-0.39, 0.29) is 13.2 Å². The minimum absolute atomic E-state index is 0.00256. The Morgan fingerprint density at radius 1 is 1.35 bits per heavy atom. The molecular weight excluding hydrogens is 340 g/mol. The summed E-state index contributed by atoms with van der Waals surface area (Å²) in [6.45, 7) is 4.86. The average Bonchev–Trinajstić information content (AvgIpc) is 2.89. The van der Waals surface area contributed by atoms with Gasteiger partial charge in [-0.3, -0.25) is 4.90 Å². The van der Waals surface area contributed by atoms with E-state index in [1.165, 1.54) is 0 Å². The van der Waals surface area contributed by atoms with Crippen LogP contribution >= 0.6 is 0 Å². The molecule has 0 radical (unpaired) electrons. The molecule has 1 fully saturated rings. The van der Waals surface area contributed by atoms with Gasteiger partial charge in [0.15, 0.2) is 0 Å². The molecule has 3 atom stereocenters. The maximum Gasteiger partial charge on any atom is 0.411 e. The minimum Gasteiger partial charge on any atom is -0.459 e. The van der Waals surface area contributed by atoms with Crippen LogP contribution in [-0.2, 0) is 20.9 Å². The molecule has 0 spiro atoms. The first-order valence-electron chi connectivity index (χ1n) is 8.15. The molecule has 1 aliphatic heterocycles. The van der Waals surface area contributed by atoms with Crippen LogP contribution in [0.5, 0.6) is 0 Å². The molecule has 9 nitrogen and oxygen atoms in total. The zero-order valence-electron chi connectivity index (χ0n) is 14.9. The average molecular weight is 362 g/mol. The van der Waals surface area contributed by atoms with Crippen molar-refractivity contribution in [2.45, 2.75) is 51.2 Å². The maximum absolute atomic E-state index is 12.6. The molecule has 140 valence electrons. The van der Waals surface area contributed by atoms with Gasteiger partial charge in [0.1, 0.15) is 18.2 Å². The highest BCUT2D eigenvalue weighted by Crippen LogP contribution is 2.26. The first-order valence-corrected chi connectivity index (χ1v) is 8.15. The Morgan fingerprint density at radius 2 is 2.00 bits per heavy atom. The number of ether oxygens (including phenoxy) is 2. The third kappa shape index (κ3) is 4.87. The van der Waals surface area contributed by atoms with E-state index in [0.717, 1.165) is 10.5 Å². The SMILES string of the molecule is CC(C)(C)OC(=O)N1C[C@H](O)[C@@H](N=[N+]=[N-])[C@H]1C(=O)OCc1ccccc1. The van der Waals surface area contributed by atoms with Gasteiger partial charge in [-0.1, -0.05) is 35.4 Å². The van der Waals surface area contributed by atoms with E-state index < -0.39 is 35.9 Å². The highest BCUT2D eigenvalue weighted by Gasteiger charge is 2.49. The van der Waals surface area contributed by atoms with Crippen molar-refractivity contribution in [2.24, 2.45) is 5.11 Å². The van der Waals surface area contributed by atoms with Gasteiger partial charge in [0.2, 0.25) is 0 Å². The van der Waals surface area contributed by atoms with Crippen LogP contribution in [0.15, 0.2) is 35.4 Å². The van der Waals surface area contributed by atoms with Crippen LogP contribution in [0.2, 0.25) is 0 Å². The number of hydrogen-bond donors (Lipinski definition) is 1. The fourth-order valence-corrected chi connectivity index (χ4v) is 2.61. The number of aliphatic hydroxyl groups excluding tert-OH is 1. The Hall–Kier alpha value is -2.77. The molecule has 1 saturated heterocycles. The molecule has 1 amide bonds. The molecular formula is C17H22N4O5. The van der Waals surface area contributed by atoms with Crippen molar-refractivity contribution in [3.05, 3.63) is 46.3 Å². The van der Waals surface area contributed by atoms with Gasteiger partial charge in [0.25, 0.3) is 0 Å². The lowest BCUT2D eigenvalue weighted by Gasteiger charge is -2.28. The number of β-amino-alcohol motifs (C(OH)–C–C–N with tert-alkyl or cyclic N) is 1. The number of benzene rings is 1. The van der Waals surface area contributed by atoms with Crippen LogP contribution in [-0.4, -0.2) is 52.4 Å². The van der Waals surface area contributed by atoms with Crippen molar-refractivity contribution >= 4 is 12.1 Å². The number of likely N-dealkylation sites (tertiary alicyclic amines) is 1. The van der Waals surface area contributed by atoms with Gasteiger partial charge >= 0.3 is 12.1 Å². The van der Waals surface area contributed by atoms with E-state index in [9.17, 15) is 14.7 Å². The van der Waals surface area contributed by atoms with Gasteiger partial charge in [0, 0.05) is 4.91 Å². The zero-order chi connectivity index (χ0) is 19.3. The number of esters is 1. The quantitative estimate of drug-likeness (QED) is 0.381. The topological polar surface area (TPSA) is 125 Å². The Morgan fingerprint density at radius 3 is 2.58 bits per heavy atom. The van der Waals surface area contributed by atoms with Crippen LogP contribution in [0.4, 0.5) is 4.79 Å². The molecule has 0 aliphatic carbocycles. The standard InChI is InChI=1S/C17H22N4O5/c1-17(2,3)26-16(24)21-9-12(22)13(19-20-18)14(21)15(23)25-10-11-7-5-4-6-8-11/h4-8,12-14,22H,9-10H2,1-3H3/t12-,13+,14-/m0/s1. The highest BCUT2D eigenvalue weighted by molar-refractivity contribution is 5.83. The Labute approximate surface area is 151 Å². The van der Waals surface area contributed by atoms with Gasteiger partial charge in [0.05, 0.1) is 18.7 Å². The fourth-order valence-electron chi connectivity index (χ4n) is 2.61. The number of carbonyl (C=O) groups excluding carboxylic acids is 2. The molecule has 1 aromatic carbocycles. The molecule has 0 unspecified atom stereocenters. The summed E-state index contributed by atoms with van der Waals surface area (Å²) >= 11 is 0. The molecule has 1 aliphatic rings. The molecule has 26 heavy (non-hydrogen) atoms. The fraction of sp³-hybridized carbons (Fsp3) is 0.529. The van der Waals surface area contributed by atoms with Crippen molar-refractivity contribution in [1.82, 2.24) is 4.90 Å². The molecule has 9 heteroatoms. The molecule has 1 aromatic rings. The Kier molecular flexibility index (Phi) is 6.07. The van der Waals surface area contributed by atoms with Crippen LogP contribution < -0.4 is 0 Å². The van der Waals surface area contributed by atoms with Crippen molar-refractivity contribution in [3.63, 3.8) is 0 Å². The van der Waals surface area contributed by atoms with Crippen LogP contribution in [0.1, 0.15) is 26.3 Å². The van der Waals surface area contributed by atoms with E-state index in [0.29, 0.717) is 0 Å². The van der Waals surface area contributed by atoms with E-state index >= 15 is 0 Å². The molecule has 1 heterocycles. The normalized spacial score (nSPS) is 22.5. The predicted octanol–water partition coefficient (Wildman–Crippen LogP) is 2.39. The summed E-state index contributed by atoms with van der Waals surface area (Å²) in [7, 11) is 0. The van der Waals surface area contributed by atoms with Crippen molar-refractivity contribution in [2.75, 3.05) is 6.54 Å². The number of nitrogens with zero attached hydrogens (tertiary/aromatic N) is 4. The zero-order valence-corrected chi connectivity index (χ0v) is 14.9. The van der Waals surface area contributed by atoms with E-state index in [2.05, 4.69) is 10.0 Å². The van der Waals surface area contributed by atoms with Gasteiger partial charge < -0.3 is 14.6 Å². The summed E-state index contributed by atoms with van der Waals surface area (Å²) in [5.41, 5.74) is 8.71. The molecule has 0 bridgehead atoms. The first kappa shape index (κ1) is 19.6. The summed E-state index contributed by atoms with van der Waals surface area (Å²) in [6.07, 6.45) is -1.97. The number of azide groups is 1. The number of carbonyl (C=O) groups is 2. The van der Waals surface area contributed by atoms with Crippen molar-refractivity contribution in [1.29, 1.82) is 0 Å². The summed E-state index contributed by atoms with van der Waals surface area (Å²) in [6, 6.07) is 6.62. The molecule has 2 rings (SSSR count). The van der Waals surface area contributed by atoms with Crippen molar-refractivity contribution in [3.8, 4) is 0 Å². The second kappa shape index (κ2) is 8.07. The van der Waals surface area contributed by atoms with Crippen LogP contribution in [0.25, 0.3) is 10.4 Å². The maximum atomic E-state index is 12.6. The summed E-state index contributed by atoms with van der Waals surface area (Å²) < 4.78 is 10.5. The van der Waals surface area contributed by atoms with E-state index in [1.54, 1.807) is 45.0 Å². The smallest absolute Gasteiger partial charge is 0.411 e. The lowest BCUT2D eigenvalue weighted by atomic mass is 10.1. The van der Waals surface area contributed by atoms with Crippen LogP contribution in [0, 0.1) is 0 Å². The largest absolute Gasteiger partial charge is 0.459 e. The van der Waals surface area contributed by atoms with Gasteiger partial charge in [-0.15, -0.1) is 0 Å². The number of rotatable bonds is 4. The molecule has 0 saturated carbocycles. The summed E-state index contributed by atoms with van der Waals surface area (Å²) in [5.74, 6) is -0.770. The second-order valence-electron chi connectivity index (χ2n) is 6.93. The summed E-state index contributed by atoms with van der Waals surface area (Å²) in [4.78, 5) is 28.7. The predicted molar refractivity (Wildman–Crippen MR) is 91.9 cm³/mol. The Bertz CT molecular complexity index is 697. The summed E-state index contributed by atoms with van der Waals surface area (Å²) in [5, 5.41) is 13.6. The third-order valence-corrected chi connectivity index (χ3v) is 3.72. The number of hydrogen-bond acceptors (Lipinski definition) is 6. The van der Waals surface area contributed by atoms with Gasteiger partial charge in [-0.2, -0.15) is 0 Å². The lowest BCUT2D eigenvalue weighted by Crippen LogP contribution is -2.47. The van der Waals surface area contributed by atoms with Crippen LogP contribution in [0.3, 0.4) is 0 Å². The molecule has 1 N–H and O–H groups in total. The van der Waals surface area contributed by atoms with E-state index in [4.69, 9.17) is 15.0 Å². The van der Waals surface area contributed by atoms with Gasteiger partial charge in [-0.05, 0) is 31.9 Å². The second-order valence-corrected chi connectivity index (χ2v) is 6.93. The Balaban J connectivity index is 2.17. The third-order valence-electron chi connectivity index (χ3n) is 3.72. The van der Waals surface area contributed by atoms with Gasteiger partial charge in [-0.25, -0.2) is 9.59 Å². The van der Waals surface area contributed by atoms with Crippen molar-refractivity contribution < 1.29 is 24.2 Å². The molecule has 0 aromatic heterocycles. The lowest BCUT2D eigenvalue weighted by molar-refractivity contribution is -0.150. The van der Waals surface area contributed by atoms with E-state index in [1.807, 2.05) is 6.07 Å². The number of amides is 1. The number of aliphatic hydroxyl groups is 1. The first-order chi connectivity index (χ1) is 12.2. The minimum atomic E-state index is -1.25. The monoisotopic (exact) mass is 362 g/mol. The highest BCUT2D eigenvalue weighted by atomic mass is 16.6.